The van der Waals surface area contributed by atoms with Gasteiger partial charge in [0.1, 0.15) is 17.1 Å². The normalized spacial score (nSPS) is 10.7. The molecular weight excluding hydrogens is 339 g/mol. The van der Waals surface area contributed by atoms with Gasteiger partial charge >= 0.3 is 0 Å². The number of carbonyl (C=O) groups is 1. The van der Waals surface area contributed by atoms with Crippen molar-refractivity contribution in [2.24, 2.45) is 0 Å². The van der Waals surface area contributed by atoms with E-state index in [1.807, 2.05) is 31.2 Å². The summed E-state index contributed by atoms with van der Waals surface area (Å²) in [7, 11) is 1.60. The molecule has 1 amide bonds. The van der Waals surface area contributed by atoms with E-state index in [2.05, 4.69) is 10.3 Å². The number of amides is 1. The summed E-state index contributed by atoms with van der Waals surface area (Å²) in [4.78, 5) is 16.6. The molecule has 0 atom stereocenters. The number of aromatic nitrogens is 1. The van der Waals surface area contributed by atoms with Crippen molar-refractivity contribution in [2.45, 2.75) is 11.9 Å². The van der Waals surface area contributed by atoms with Crippen molar-refractivity contribution in [3.05, 3.63) is 59.9 Å². The highest BCUT2D eigenvalue weighted by Crippen LogP contribution is 2.29. The van der Waals surface area contributed by atoms with E-state index in [0.29, 0.717) is 5.75 Å². The number of carbonyl (C=O) groups excluding carboxylic acids is 1. The summed E-state index contributed by atoms with van der Waals surface area (Å²) >= 11 is 1.30. The second-order valence-corrected chi connectivity index (χ2v) is 6.45. The zero-order chi connectivity index (χ0) is 17.8. The highest BCUT2D eigenvalue weighted by Gasteiger charge is 2.11. The van der Waals surface area contributed by atoms with E-state index < -0.39 is 5.82 Å². The Labute approximate surface area is 149 Å². The van der Waals surface area contributed by atoms with Gasteiger partial charge in [-0.3, -0.25) is 4.79 Å². The minimum Gasteiger partial charge on any atom is -0.494 e. The van der Waals surface area contributed by atoms with Crippen molar-refractivity contribution in [2.75, 3.05) is 18.2 Å². The maximum Gasteiger partial charge on any atom is 0.234 e. The fourth-order valence-electron chi connectivity index (χ4n) is 2.49. The molecule has 3 aromatic rings. The van der Waals surface area contributed by atoms with Gasteiger partial charge in [0.05, 0.1) is 23.6 Å². The molecule has 0 aliphatic heterocycles. The first kappa shape index (κ1) is 17.2. The molecule has 0 saturated heterocycles. The summed E-state index contributed by atoms with van der Waals surface area (Å²) in [5.74, 6) is 0.0975. The van der Waals surface area contributed by atoms with Gasteiger partial charge in [-0.05, 0) is 36.8 Å². The maximum atomic E-state index is 13.6. The van der Waals surface area contributed by atoms with Crippen LogP contribution in [0, 0.1) is 12.7 Å². The van der Waals surface area contributed by atoms with Gasteiger partial charge in [-0.25, -0.2) is 9.37 Å². The average molecular weight is 356 g/mol. The van der Waals surface area contributed by atoms with Crippen LogP contribution < -0.4 is 10.1 Å². The van der Waals surface area contributed by atoms with Crippen LogP contribution >= 0.6 is 11.8 Å². The van der Waals surface area contributed by atoms with Gasteiger partial charge in [0.2, 0.25) is 5.91 Å². The maximum absolute atomic E-state index is 13.6. The van der Waals surface area contributed by atoms with Crippen molar-refractivity contribution < 1.29 is 13.9 Å². The minimum absolute atomic E-state index is 0.140. The first-order chi connectivity index (χ1) is 12.1. The number of nitrogens with one attached hydrogen (secondary N) is 1. The number of halogens is 1. The number of hydrogen-bond acceptors (Lipinski definition) is 4. The molecule has 0 unspecified atom stereocenters. The molecule has 0 spiro atoms. The molecule has 25 heavy (non-hydrogen) atoms. The van der Waals surface area contributed by atoms with Gasteiger partial charge < -0.3 is 10.1 Å². The molecule has 1 aromatic heterocycles. The number of thioether (sulfide) groups is 1. The predicted molar refractivity (Wildman–Crippen MR) is 98.8 cm³/mol. The lowest BCUT2D eigenvalue weighted by atomic mass is 10.1. The molecule has 0 radical (unpaired) electrons. The Kier molecular flexibility index (Phi) is 5.19. The topological polar surface area (TPSA) is 51.2 Å². The van der Waals surface area contributed by atoms with E-state index in [1.165, 1.54) is 23.9 Å². The van der Waals surface area contributed by atoms with Gasteiger partial charge in [-0.15, -0.1) is 0 Å². The number of para-hydroxylation sites is 2. The Balaban J connectivity index is 1.75. The van der Waals surface area contributed by atoms with E-state index >= 15 is 0 Å². The average Bonchev–Trinajstić information content (AvgIpc) is 2.61. The van der Waals surface area contributed by atoms with Gasteiger partial charge in [-0.1, -0.05) is 36.0 Å². The van der Waals surface area contributed by atoms with Crippen LogP contribution in [0.4, 0.5) is 10.1 Å². The predicted octanol–water partition coefficient (Wildman–Crippen LogP) is 4.42. The highest BCUT2D eigenvalue weighted by molar-refractivity contribution is 7.99. The Morgan fingerprint density at radius 3 is 2.80 bits per heavy atom. The summed E-state index contributed by atoms with van der Waals surface area (Å²) in [6, 6.07) is 13.8. The molecule has 1 N–H and O–H groups in total. The second kappa shape index (κ2) is 7.53. The summed E-state index contributed by atoms with van der Waals surface area (Å²) in [6.45, 7) is 1.99. The lowest BCUT2D eigenvalue weighted by Crippen LogP contribution is -2.15. The number of pyridine rings is 1. The summed E-state index contributed by atoms with van der Waals surface area (Å²) in [6.07, 6.45) is 0. The third-order valence-corrected chi connectivity index (χ3v) is 4.62. The second-order valence-electron chi connectivity index (χ2n) is 5.45. The molecule has 0 saturated carbocycles. The van der Waals surface area contributed by atoms with Crippen molar-refractivity contribution in [1.29, 1.82) is 0 Å². The molecule has 3 rings (SSSR count). The number of hydrogen-bond donors (Lipinski definition) is 1. The quantitative estimate of drug-likeness (QED) is 0.688. The van der Waals surface area contributed by atoms with Crippen LogP contribution in [0.25, 0.3) is 10.9 Å². The van der Waals surface area contributed by atoms with Gasteiger partial charge in [0.25, 0.3) is 0 Å². The molecule has 6 heteroatoms. The number of ether oxygens (including phenoxy) is 1. The minimum atomic E-state index is -0.453. The Morgan fingerprint density at radius 1 is 1.24 bits per heavy atom. The number of fused-ring (bicyclic) bond motifs is 1. The first-order valence-electron chi connectivity index (χ1n) is 7.70. The van der Waals surface area contributed by atoms with E-state index in [1.54, 1.807) is 19.2 Å². The Morgan fingerprint density at radius 2 is 2.04 bits per heavy atom. The van der Waals surface area contributed by atoms with Crippen LogP contribution in [0.1, 0.15) is 5.56 Å². The largest absolute Gasteiger partial charge is 0.494 e. The highest BCUT2D eigenvalue weighted by atomic mass is 32.2. The fraction of sp³-hybridized carbons (Fsp3) is 0.158. The smallest absolute Gasteiger partial charge is 0.234 e. The number of rotatable bonds is 5. The van der Waals surface area contributed by atoms with Gasteiger partial charge in [-0.2, -0.15) is 0 Å². The SMILES string of the molecule is COc1cccc2c(C)cc(SCC(=O)Nc3ccccc3F)nc12. The van der Waals surface area contributed by atoms with Crippen LogP contribution in [0.15, 0.2) is 53.6 Å². The van der Waals surface area contributed by atoms with E-state index in [-0.39, 0.29) is 17.3 Å². The summed E-state index contributed by atoms with van der Waals surface area (Å²) in [5, 5.41) is 4.30. The summed E-state index contributed by atoms with van der Waals surface area (Å²) < 4.78 is 18.9. The molecular formula is C19H17FN2O2S. The number of benzene rings is 2. The van der Waals surface area contributed by atoms with Crippen LogP contribution in [0.3, 0.4) is 0 Å². The molecule has 0 fully saturated rings. The van der Waals surface area contributed by atoms with Crippen LogP contribution in [0.2, 0.25) is 0 Å². The molecule has 0 aliphatic rings. The standard InChI is InChI=1S/C19H17FN2O2S/c1-12-10-18(22-19-13(12)6-5-9-16(19)24-2)25-11-17(23)21-15-8-4-3-7-14(15)20/h3-10H,11H2,1-2H3,(H,21,23). The van der Waals surface area contributed by atoms with Crippen LogP contribution in [-0.4, -0.2) is 23.8 Å². The van der Waals surface area contributed by atoms with Crippen molar-refractivity contribution in [3.8, 4) is 5.75 Å². The lowest BCUT2D eigenvalue weighted by Gasteiger charge is -2.10. The van der Waals surface area contributed by atoms with Crippen LogP contribution in [-0.2, 0) is 4.79 Å². The Bertz CT molecular complexity index is 930. The zero-order valence-electron chi connectivity index (χ0n) is 13.9. The zero-order valence-corrected chi connectivity index (χ0v) is 14.7. The van der Waals surface area contributed by atoms with E-state index in [0.717, 1.165) is 21.5 Å². The monoisotopic (exact) mass is 356 g/mol. The van der Waals surface area contributed by atoms with E-state index in [9.17, 15) is 9.18 Å². The third kappa shape index (κ3) is 3.91. The molecule has 1 heterocycles. The fourth-order valence-corrected chi connectivity index (χ4v) is 3.26. The van der Waals surface area contributed by atoms with Crippen molar-refractivity contribution in [1.82, 2.24) is 4.98 Å². The Hall–Kier alpha value is -2.60. The molecule has 0 bridgehead atoms. The van der Waals surface area contributed by atoms with Crippen molar-refractivity contribution in [3.63, 3.8) is 0 Å². The number of methoxy groups -OCH3 is 1. The number of anilines is 1. The molecule has 2 aromatic carbocycles. The van der Waals surface area contributed by atoms with Crippen molar-refractivity contribution >= 4 is 34.3 Å². The summed E-state index contributed by atoms with van der Waals surface area (Å²) in [5.41, 5.74) is 2.00. The first-order valence-corrected chi connectivity index (χ1v) is 8.68. The number of aryl methyl sites for hydroxylation is 1. The van der Waals surface area contributed by atoms with Gasteiger partial charge in [0, 0.05) is 5.39 Å². The van der Waals surface area contributed by atoms with E-state index in [4.69, 9.17) is 4.74 Å². The molecule has 128 valence electrons. The molecule has 0 aliphatic carbocycles. The van der Waals surface area contributed by atoms with Crippen LogP contribution in [0.5, 0.6) is 5.75 Å². The third-order valence-electron chi connectivity index (χ3n) is 3.70. The number of nitrogens with zero attached hydrogens (tertiary/aromatic N) is 1. The van der Waals surface area contributed by atoms with Gasteiger partial charge in [0.15, 0.2) is 0 Å². The lowest BCUT2D eigenvalue weighted by molar-refractivity contribution is -0.113. The molecule has 4 nitrogen and oxygen atoms in total.